The number of benzene rings is 2. The zero-order valence-electron chi connectivity index (χ0n) is 14.2. The Kier molecular flexibility index (Phi) is 4.95. The second kappa shape index (κ2) is 7.14. The number of aromatic nitrogens is 2. The summed E-state index contributed by atoms with van der Waals surface area (Å²) in [6.45, 7) is 5.27. The van der Waals surface area contributed by atoms with Gasteiger partial charge in [-0.15, -0.1) is 0 Å². The molecule has 2 N–H and O–H groups in total. The van der Waals surface area contributed by atoms with Gasteiger partial charge in [0, 0.05) is 18.0 Å². The monoisotopic (exact) mass is 337 g/mol. The highest BCUT2D eigenvalue weighted by Crippen LogP contribution is 2.27. The lowest BCUT2D eigenvalue weighted by atomic mass is 10.0. The molecule has 124 valence electrons. The third-order valence-electron chi connectivity index (χ3n) is 4.61. The van der Waals surface area contributed by atoms with Gasteiger partial charge in [0.25, 0.3) is 0 Å². The van der Waals surface area contributed by atoms with Crippen molar-refractivity contribution in [2.45, 2.75) is 39.2 Å². The molecule has 2 aromatic carbocycles. The lowest BCUT2D eigenvalue weighted by molar-refractivity contribution is 0.570. The van der Waals surface area contributed by atoms with Crippen molar-refractivity contribution in [1.82, 2.24) is 9.55 Å². The van der Waals surface area contributed by atoms with E-state index in [1.807, 2.05) is 18.2 Å². The van der Waals surface area contributed by atoms with Gasteiger partial charge in [-0.2, -0.15) is 0 Å². The van der Waals surface area contributed by atoms with Gasteiger partial charge in [-0.1, -0.05) is 62.5 Å². The summed E-state index contributed by atoms with van der Waals surface area (Å²) in [6, 6.07) is 16.5. The molecular formula is C20H23N3S. The van der Waals surface area contributed by atoms with E-state index in [0.29, 0.717) is 10.9 Å². The Morgan fingerprint density at radius 1 is 1.08 bits per heavy atom. The third-order valence-corrected chi connectivity index (χ3v) is 4.85. The second-order valence-corrected chi connectivity index (χ2v) is 6.56. The molecule has 3 aromatic rings. The van der Waals surface area contributed by atoms with Crippen LogP contribution in [0.1, 0.15) is 49.6 Å². The molecule has 0 amide bonds. The summed E-state index contributed by atoms with van der Waals surface area (Å²) < 4.78 is 2.35. The summed E-state index contributed by atoms with van der Waals surface area (Å²) >= 11 is 5.03. The molecule has 1 aromatic heterocycles. The summed E-state index contributed by atoms with van der Waals surface area (Å²) in [4.78, 5) is 5.36. The van der Waals surface area contributed by atoms with Gasteiger partial charge in [0.05, 0.1) is 11.0 Å². The van der Waals surface area contributed by atoms with Gasteiger partial charge in [0.2, 0.25) is 0 Å². The predicted octanol–water partition coefficient (Wildman–Crippen LogP) is 4.62. The number of hydrogen-bond acceptors (Lipinski definition) is 2. The van der Waals surface area contributed by atoms with Crippen molar-refractivity contribution in [2.75, 3.05) is 0 Å². The smallest absolute Gasteiger partial charge is 0.113 e. The summed E-state index contributed by atoms with van der Waals surface area (Å²) in [5.41, 5.74) is 10.1. The van der Waals surface area contributed by atoms with E-state index >= 15 is 0 Å². The van der Waals surface area contributed by atoms with Crippen LogP contribution < -0.4 is 5.73 Å². The Bertz CT molecular complexity index is 845. The van der Waals surface area contributed by atoms with Crippen molar-refractivity contribution in [1.29, 1.82) is 0 Å². The molecule has 4 heteroatoms. The van der Waals surface area contributed by atoms with E-state index in [1.165, 1.54) is 16.9 Å². The highest BCUT2D eigenvalue weighted by molar-refractivity contribution is 7.80. The van der Waals surface area contributed by atoms with E-state index in [1.54, 1.807) is 0 Å². The highest BCUT2D eigenvalue weighted by atomic mass is 32.1. The standard InChI is InChI=1S/C20H23N3S/c1-3-15(4-2)20-22-17-7-5-6-8-18(17)23(20)13-14-9-11-16(12-10-14)19(21)24/h5-12,15H,3-4,13H2,1-2H3,(H2,21,24). The minimum atomic E-state index is 0.437. The second-order valence-electron chi connectivity index (χ2n) is 6.12. The van der Waals surface area contributed by atoms with Crippen LogP contribution in [0, 0.1) is 0 Å². The molecule has 0 bridgehead atoms. The largest absolute Gasteiger partial charge is 0.389 e. The number of nitrogens with two attached hydrogens (primary N) is 1. The average Bonchev–Trinajstić information content (AvgIpc) is 2.95. The molecule has 0 aliphatic heterocycles. The first kappa shape index (κ1) is 16.7. The average molecular weight is 337 g/mol. The number of para-hydroxylation sites is 2. The van der Waals surface area contributed by atoms with Gasteiger partial charge in [-0.25, -0.2) is 4.98 Å². The third kappa shape index (κ3) is 3.20. The van der Waals surface area contributed by atoms with Crippen molar-refractivity contribution in [2.24, 2.45) is 5.73 Å². The van der Waals surface area contributed by atoms with E-state index in [9.17, 15) is 0 Å². The first-order valence-corrected chi connectivity index (χ1v) is 8.88. The van der Waals surface area contributed by atoms with Gasteiger partial charge in [0.1, 0.15) is 10.8 Å². The molecule has 3 rings (SSSR count). The number of rotatable bonds is 6. The van der Waals surface area contributed by atoms with Gasteiger partial charge in [-0.3, -0.25) is 0 Å². The van der Waals surface area contributed by atoms with E-state index in [-0.39, 0.29) is 0 Å². The predicted molar refractivity (Wildman–Crippen MR) is 104 cm³/mol. The molecule has 1 heterocycles. The minimum Gasteiger partial charge on any atom is -0.389 e. The minimum absolute atomic E-state index is 0.437. The first-order chi connectivity index (χ1) is 11.6. The topological polar surface area (TPSA) is 43.8 Å². The zero-order valence-corrected chi connectivity index (χ0v) is 15.0. The molecule has 0 spiro atoms. The SMILES string of the molecule is CCC(CC)c1nc2ccccc2n1Cc1ccc(C(N)=S)cc1. The first-order valence-electron chi connectivity index (χ1n) is 8.48. The maximum atomic E-state index is 5.69. The number of hydrogen-bond donors (Lipinski definition) is 1. The number of fused-ring (bicyclic) bond motifs is 1. The zero-order chi connectivity index (χ0) is 17.1. The summed E-state index contributed by atoms with van der Waals surface area (Å²) in [5, 5.41) is 0. The molecule has 0 fully saturated rings. The Hall–Kier alpha value is -2.20. The summed E-state index contributed by atoms with van der Waals surface area (Å²) in [6.07, 6.45) is 2.19. The van der Waals surface area contributed by atoms with Crippen LogP contribution in [0.3, 0.4) is 0 Å². The van der Waals surface area contributed by atoms with Gasteiger partial charge < -0.3 is 10.3 Å². The Balaban J connectivity index is 2.03. The Labute approximate surface area is 148 Å². The quantitative estimate of drug-likeness (QED) is 0.667. The van der Waals surface area contributed by atoms with E-state index in [4.69, 9.17) is 22.9 Å². The molecule has 0 aliphatic rings. The van der Waals surface area contributed by atoms with Crippen LogP contribution >= 0.6 is 12.2 Å². The molecular weight excluding hydrogens is 314 g/mol. The molecule has 0 saturated heterocycles. The van der Waals surface area contributed by atoms with E-state index < -0.39 is 0 Å². The van der Waals surface area contributed by atoms with Crippen molar-refractivity contribution < 1.29 is 0 Å². The van der Waals surface area contributed by atoms with Crippen LogP contribution in [0.5, 0.6) is 0 Å². The fraction of sp³-hybridized carbons (Fsp3) is 0.300. The maximum Gasteiger partial charge on any atom is 0.113 e. The fourth-order valence-electron chi connectivity index (χ4n) is 3.18. The molecule has 3 nitrogen and oxygen atoms in total. The van der Waals surface area contributed by atoms with Crippen molar-refractivity contribution >= 4 is 28.2 Å². The molecule has 0 radical (unpaired) electrons. The molecule has 0 unspecified atom stereocenters. The number of thiocarbonyl (C=S) groups is 1. The number of nitrogens with zero attached hydrogens (tertiary/aromatic N) is 2. The number of imidazole rings is 1. The fourth-order valence-corrected chi connectivity index (χ4v) is 3.32. The van der Waals surface area contributed by atoms with Crippen LogP contribution in [0.2, 0.25) is 0 Å². The maximum absolute atomic E-state index is 5.69. The summed E-state index contributed by atoms with van der Waals surface area (Å²) in [7, 11) is 0. The van der Waals surface area contributed by atoms with Crippen LogP contribution in [0.25, 0.3) is 11.0 Å². The van der Waals surface area contributed by atoms with Crippen molar-refractivity contribution in [3.8, 4) is 0 Å². The van der Waals surface area contributed by atoms with Crippen LogP contribution in [0.15, 0.2) is 48.5 Å². The molecule has 24 heavy (non-hydrogen) atoms. The Morgan fingerprint density at radius 3 is 2.38 bits per heavy atom. The van der Waals surface area contributed by atoms with Crippen LogP contribution in [0.4, 0.5) is 0 Å². The molecule has 0 aliphatic carbocycles. The highest BCUT2D eigenvalue weighted by Gasteiger charge is 2.17. The van der Waals surface area contributed by atoms with Gasteiger partial charge in [-0.05, 0) is 30.5 Å². The van der Waals surface area contributed by atoms with Crippen LogP contribution in [-0.2, 0) is 6.54 Å². The van der Waals surface area contributed by atoms with Gasteiger partial charge in [0.15, 0.2) is 0 Å². The summed E-state index contributed by atoms with van der Waals surface area (Å²) in [5.74, 6) is 1.66. The molecule has 0 atom stereocenters. The van der Waals surface area contributed by atoms with Gasteiger partial charge >= 0.3 is 0 Å². The lowest BCUT2D eigenvalue weighted by Crippen LogP contribution is -2.11. The van der Waals surface area contributed by atoms with Crippen molar-refractivity contribution in [3.63, 3.8) is 0 Å². The van der Waals surface area contributed by atoms with E-state index in [2.05, 4.69) is 48.7 Å². The normalized spacial score (nSPS) is 11.3. The van der Waals surface area contributed by atoms with E-state index in [0.717, 1.165) is 30.5 Å². The lowest BCUT2D eigenvalue weighted by Gasteiger charge is -2.16. The van der Waals surface area contributed by atoms with Crippen molar-refractivity contribution in [3.05, 3.63) is 65.5 Å². The molecule has 0 saturated carbocycles. The van der Waals surface area contributed by atoms with Crippen LogP contribution in [-0.4, -0.2) is 14.5 Å². The Morgan fingerprint density at radius 2 is 1.75 bits per heavy atom.